The van der Waals surface area contributed by atoms with Crippen LogP contribution >= 0.6 is 11.8 Å². The molecule has 1 atom stereocenters. The van der Waals surface area contributed by atoms with Crippen molar-refractivity contribution >= 4 is 21.8 Å². The Balaban J connectivity index is 2.07. The molecule has 96 valence electrons. The van der Waals surface area contributed by atoms with Crippen molar-refractivity contribution in [2.75, 3.05) is 44.4 Å². The molecule has 0 bridgehead atoms. The van der Waals surface area contributed by atoms with Gasteiger partial charge in [0.05, 0.1) is 6.26 Å². The normalized spacial score (nSPS) is 22.8. The second-order valence-corrected chi connectivity index (χ2v) is 7.17. The summed E-state index contributed by atoms with van der Waals surface area (Å²) in [6.07, 6.45) is 5.55. The third-order valence-electron chi connectivity index (χ3n) is 2.79. The van der Waals surface area contributed by atoms with Gasteiger partial charge in [0.1, 0.15) is 0 Å². The highest BCUT2D eigenvalue weighted by atomic mass is 32.2. The minimum atomic E-state index is -3.01. The van der Waals surface area contributed by atoms with Gasteiger partial charge in [-0.25, -0.2) is 13.1 Å². The van der Waals surface area contributed by atoms with E-state index in [1.165, 1.54) is 31.5 Å². The summed E-state index contributed by atoms with van der Waals surface area (Å²) >= 11 is 1.91. The zero-order chi connectivity index (χ0) is 12.0. The third kappa shape index (κ3) is 6.08. The number of nitrogens with one attached hydrogen (secondary N) is 1. The predicted octanol–water partition coefficient (Wildman–Crippen LogP) is 0.611. The Labute approximate surface area is 103 Å². The van der Waals surface area contributed by atoms with Crippen LogP contribution in [-0.4, -0.2) is 57.8 Å². The standard InChI is InChI=1S/C10H22N2O2S2/c1-15-9-10-4-7-12(8-10)6-3-5-11-16(2,13)14/h10-11H,3-9H2,1-2H3. The Hall–Kier alpha value is 0.220. The maximum Gasteiger partial charge on any atom is 0.208 e. The molecule has 0 radical (unpaired) electrons. The molecule has 0 amide bonds. The molecule has 0 aromatic rings. The molecule has 4 nitrogen and oxygen atoms in total. The van der Waals surface area contributed by atoms with E-state index in [0.29, 0.717) is 6.54 Å². The molecule has 1 rings (SSSR count). The van der Waals surface area contributed by atoms with Crippen LogP contribution < -0.4 is 4.72 Å². The summed E-state index contributed by atoms with van der Waals surface area (Å²) in [6, 6.07) is 0. The van der Waals surface area contributed by atoms with E-state index in [2.05, 4.69) is 15.9 Å². The van der Waals surface area contributed by atoms with Gasteiger partial charge in [0.25, 0.3) is 0 Å². The topological polar surface area (TPSA) is 49.4 Å². The molecule has 1 aliphatic heterocycles. The number of likely N-dealkylation sites (tertiary alicyclic amines) is 1. The van der Waals surface area contributed by atoms with Crippen LogP contribution in [0.2, 0.25) is 0 Å². The monoisotopic (exact) mass is 266 g/mol. The molecule has 0 aliphatic carbocycles. The first-order valence-corrected chi connectivity index (χ1v) is 8.95. The molecule has 1 aliphatic rings. The van der Waals surface area contributed by atoms with Crippen molar-refractivity contribution in [3.8, 4) is 0 Å². The first-order chi connectivity index (χ1) is 7.51. The van der Waals surface area contributed by atoms with E-state index in [4.69, 9.17) is 0 Å². The van der Waals surface area contributed by atoms with E-state index < -0.39 is 10.0 Å². The Morgan fingerprint density at radius 1 is 1.50 bits per heavy atom. The van der Waals surface area contributed by atoms with Crippen molar-refractivity contribution in [1.29, 1.82) is 0 Å². The average Bonchev–Trinajstić information content (AvgIpc) is 2.60. The number of rotatable bonds is 7. The first kappa shape index (κ1) is 14.3. The number of hydrogen-bond donors (Lipinski definition) is 1. The highest BCUT2D eigenvalue weighted by Gasteiger charge is 2.21. The number of nitrogens with zero attached hydrogens (tertiary/aromatic N) is 1. The highest BCUT2D eigenvalue weighted by Crippen LogP contribution is 2.19. The maximum absolute atomic E-state index is 10.8. The van der Waals surface area contributed by atoms with Gasteiger partial charge < -0.3 is 4.90 Å². The zero-order valence-electron chi connectivity index (χ0n) is 10.1. The second kappa shape index (κ2) is 6.83. The van der Waals surface area contributed by atoms with E-state index in [9.17, 15) is 8.42 Å². The van der Waals surface area contributed by atoms with E-state index >= 15 is 0 Å². The number of thioether (sulfide) groups is 1. The van der Waals surface area contributed by atoms with Crippen LogP contribution in [-0.2, 0) is 10.0 Å². The van der Waals surface area contributed by atoms with Crippen LogP contribution in [0.3, 0.4) is 0 Å². The van der Waals surface area contributed by atoms with Gasteiger partial charge in [-0.05, 0) is 43.9 Å². The molecule has 1 fully saturated rings. The minimum absolute atomic E-state index is 0.558. The predicted molar refractivity (Wildman–Crippen MR) is 70.4 cm³/mol. The van der Waals surface area contributed by atoms with Crippen LogP contribution in [0.1, 0.15) is 12.8 Å². The van der Waals surface area contributed by atoms with Gasteiger partial charge in [-0.1, -0.05) is 0 Å². The molecule has 16 heavy (non-hydrogen) atoms. The lowest BCUT2D eigenvalue weighted by atomic mass is 10.2. The molecule has 0 saturated carbocycles. The van der Waals surface area contributed by atoms with Gasteiger partial charge in [-0.15, -0.1) is 0 Å². The lowest BCUT2D eigenvalue weighted by Gasteiger charge is -2.15. The fourth-order valence-electron chi connectivity index (χ4n) is 2.05. The summed E-state index contributed by atoms with van der Waals surface area (Å²) in [5.41, 5.74) is 0. The van der Waals surface area contributed by atoms with Crippen LogP contribution in [0, 0.1) is 5.92 Å². The van der Waals surface area contributed by atoms with Crippen molar-refractivity contribution in [3.63, 3.8) is 0 Å². The van der Waals surface area contributed by atoms with Gasteiger partial charge in [-0.3, -0.25) is 0 Å². The van der Waals surface area contributed by atoms with Gasteiger partial charge in [0, 0.05) is 13.1 Å². The molecular weight excluding hydrogens is 244 g/mol. The zero-order valence-corrected chi connectivity index (χ0v) is 11.7. The Kier molecular flexibility index (Phi) is 6.10. The molecule has 1 N–H and O–H groups in total. The summed E-state index contributed by atoms with van der Waals surface area (Å²) in [7, 11) is -3.01. The Morgan fingerprint density at radius 3 is 2.88 bits per heavy atom. The van der Waals surface area contributed by atoms with Crippen LogP contribution in [0.25, 0.3) is 0 Å². The quantitative estimate of drug-likeness (QED) is 0.686. The molecule has 1 unspecified atom stereocenters. The van der Waals surface area contributed by atoms with E-state index in [1.54, 1.807) is 0 Å². The highest BCUT2D eigenvalue weighted by molar-refractivity contribution is 7.98. The Bertz CT molecular complexity index is 293. The van der Waals surface area contributed by atoms with Crippen LogP contribution in [0.4, 0.5) is 0 Å². The van der Waals surface area contributed by atoms with Crippen molar-refractivity contribution in [3.05, 3.63) is 0 Å². The van der Waals surface area contributed by atoms with E-state index in [0.717, 1.165) is 18.9 Å². The fraction of sp³-hybridized carbons (Fsp3) is 1.00. The van der Waals surface area contributed by atoms with Crippen molar-refractivity contribution < 1.29 is 8.42 Å². The van der Waals surface area contributed by atoms with Crippen molar-refractivity contribution in [2.24, 2.45) is 5.92 Å². The summed E-state index contributed by atoms with van der Waals surface area (Å²) in [5.74, 6) is 2.08. The van der Waals surface area contributed by atoms with Gasteiger partial charge in [0.15, 0.2) is 0 Å². The lowest BCUT2D eigenvalue weighted by Crippen LogP contribution is -2.28. The second-order valence-electron chi connectivity index (χ2n) is 4.43. The summed E-state index contributed by atoms with van der Waals surface area (Å²) in [4.78, 5) is 2.44. The van der Waals surface area contributed by atoms with Gasteiger partial charge in [0.2, 0.25) is 10.0 Å². The third-order valence-corrected chi connectivity index (χ3v) is 4.32. The molecule has 6 heteroatoms. The van der Waals surface area contributed by atoms with Crippen LogP contribution in [0.15, 0.2) is 0 Å². The van der Waals surface area contributed by atoms with Crippen LogP contribution in [0.5, 0.6) is 0 Å². The van der Waals surface area contributed by atoms with E-state index in [1.807, 2.05) is 11.8 Å². The average molecular weight is 266 g/mol. The molecule has 1 saturated heterocycles. The SMILES string of the molecule is CSCC1CCN(CCCNS(C)(=O)=O)C1. The summed E-state index contributed by atoms with van der Waals surface area (Å²) in [5, 5.41) is 0. The fourth-order valence-corrected chi connectivity index (χ4v) is 3.31. The number of sulfonamides is 1. The summed E-state index contributed by atoms with van der Waals surface area (Å²) < 4.78 is 24.2. The maximum atomic E-state index is 10.8. The van der Waals surface area contributed by atoms with Gasteiger partial charge >= 0.3 is 0 Å². The molecule has 0 aromatic carbocycles. The molecular formula is C10H22N2O2S2. The molecule has 0 aromatic heterocycles. The van der Waals surface area contributed by atoms with Gasteiger partial charge in [-0.2, -0.15) is 11.8 Å². The smallest absolute Gasteiger partial charge is 0.208 e. The molecule has 1 heterocycles. The largest absolute Gasteiger partial charge is 0.303 e. The number of hydrogen-bond acceptors (Lipinski definition) is 4. The minimum Gasteiger partial charge on any atom is -0.303 e. The van der Waals surface area contributed by atoms with Crippen molar-refractivity contribution in [1.82, 2.24) is 9.62 Å². The first-order valence-electron chi connectivity index (χ1n) is 5.67. The van der Waals surface area contributed by atoms with Crippen molar-refractivity contribution in [2.45, 2.75) is 12.8 Å². The Morgan fingerprint density at radius 2 is 2.25 bits per heavy atom. The molecule has 0 spiro atoms. The van der Waals surface area contributed by atoms with E-state index in [-0.39, 0.29) is 0 Å². The lowest BCUT2D eigenvalue weighted by molar-refractivity contribution is 0.324. The summed E-state index contributed by atoms with van der Waals surface area (Å²) in [6.45, 7) is 3.92.